The van der Waals surface area contributed by atoms with Crippen molar-refractivity contribution in [3.63, 3.8) is 0 Å². The minimum absolute atomic E-state index is 0.0369. The van der Waals surface area contributed by atoms with Crippen LogP contribution in [0.1, 0.15) is 25.0 Å². The third-order valence-electron chi connectivity index (χ3n) is 4.06. The van der Waals surface area contributed by atoms with E-state index in [-0.39, 0.29) is 11.8 Å². The first kappa shape index (κ1) is 16.3. The predicted octanol–water partition coefficient (Wildman–Crippen LogP) is 2.34. The highest BCUT2D eigenvalue weighted by atomic mass is 16.2. The Bertz CT molecular complexity index is 553. The molecule has 2 rings (SSSR count). The van der Waals surface area contributed by atoms with Crippen LogP contribution in [0, 0.1) is 12.8 Å². The second-order valence-electron chi connectivity index (χ2n) is 6.09. The Balaban J connectivity index is 2.14. The molecule has 1 aliphatic rings. The monoisotopic (exact) mass is 300 g/mol. The van der Waals surface area contributed by atoms with Crippen molar-refractivity contribution >= 4 is 17.9 Å². The van der Waals surface area contributed by atoms with Gasteiger partial charge in [-0.15, -0.1) is 0 Å². The number of amides is 2. The van der Waals surface area contributed by atoms with Crippen molar-refractivity contribution in [1.29, 1.82) is 0 Å². The van der Waals surface area contributed by atoms with E-state index in [4.69, 9.17) is 0 Å². The third-order valence-corrected chi connectivity index (χ3v) is 4.06. The number of nitrogens with zero attached hydrogens (tertiary/aromatic N) is 2. The molecule has 0 atom stereocenters. The lowest BCUT2D eigenvalue weighted by Gasteiger charge is -2.32. The van der Waals surface area contributed by atoms with Crippen LogP contribution in [0.25, 0.3) is 5.57 Å². The van der Waals surface area contributed by atoms with Crippen molar-refractivity contribution in [2.75, 3.05) is 26.2 Å². The van der Waals surface area contributed by atoms with Crippen LogP contribution < -0.4 is 0 Å². The molecule has 1 fully saturated rings. The maximum atomic E-state index is 12.5. The van der Waals surface area contributed by atoms with Gasteiger partial charge in [-0.2, -0.15) is 0 Å². The lowest BCUT2D eigenvalue weighted by Crippen LogP contribution is -2.47. The summed E-state index contributed by atoms with van der Waals surface area (Å²) < 4.78 is 0. The van der Waals surface area contributed by atoms with Gasteiger partial charge in [0.25, 0.3) is 0 Å². The molecule has 0 spiro atoms. The molecule has 0 unspecified atom stereocenters. The van der Waals surface area contributed by atoms with Crippen molar-refractivity contribution in [3.8, 4) is 0 Å². The topological polar surface area (TPSA) is 40.6 Å². The Labute approximate surface area is 132 Å². The number of piperazine rings is 1. The van der Waals surface area contributed by atoms with Crippen LogP contribution in [0.2, 0.25) is 0 Å². The molecule has 22 heavy (non-hydrogen) atoms. The van der Waals surface area contributed by atoms with Crippen molar-refractivity contribution in [2.24, 2.45) is 5.92 Å². The number of hydrogen-bond acceptors (Lipinski definition) is 2. The van der Waals surface area contributed by atoms with Crippen LogP contribution in [0.15, 0.2) is 30.3 Å². The highest BCUT2D eigenvalue weighted by Crippen LogP contribution is 2.23. The van der Waals surface area contributed by atoms with E-state index in [0.29, 0.717) is 26.2 Å². The Morgan fingerprint density at radius 3 is 2.18 bits per heavy atom. The van der Waals surface area contributed by atoms with E-state index in [1.165, 1.54) is 5.56 Å². The van der Waals surface area contributed by atoms with Gasteiger partial charge in [0.2, 0.25) is 12.3 Å². The van der Waals surface area contributed by atoms with Gasteiger partial charge in [-0.1, -0.05) is 43.7 Å². The van der Waals surface area contributed by atoms with E-state index >= 15 is 0 Å². The zero-order chi connectivity index (χ0) is 16.1. The average Bonchev–Trinajstić information content (AvgIpc) is 2.53. The second-order valence-corrected chi connectivity index (χ2v) is 6.09. The Morgan fingerprint density at radius 1 is 1.09 bits per heavy atom. The molecule has 0 saturated carbocycles. The summed E-state index contributed by atoms with van der Waals surface area (Å²) in [5, 5.41) is 0. The van der Waals surface area contributed by atoms with Crippen LogP contribution in [-0.2, 0) is 9.59 Å². The lowest BCUT2D eigenvalue weighted by molar-refractivity contribution is -0.130. The number of benzene rings is 1. The quantitative estimate of drug-likeness (QED) is 0.632. The fourth-order valence-electron chi connectivity index (χ4n) is 2.60. The minimum Gasteiger partial charge on any atom is -0.342 e. The van der Waals surface area contributed by atoms with E-state index in [1.54, 1.807) is 11.0 Å². The second kappa shape index (κ2) is 7.25. The molecule has 4 nitrogen and oxygen atoms in total. The van der Waals surface area contributed by atoms with Gasteiger partial charge in [-0.05, 0) is 24.0 Å². The maximum Gasteiger partial charge on any atom is 0.246 e. The number of carbonyl (C=O) groups is 2. The molecule has 0 N–H and O–H groups in total. The summed E-state index contributed by atoms with van der Waals surface area (Å²) in [6, 6.07) is 8.27. The van der Waals surface area contributed by atoms with Crippen LogP contribution in [0.5, 0.6) is 0 Å². The van der Waals surface area contributed by atoms with Crippen LogP contribution >= 0.6 is 0 Å². The molecule has 1 aromatic carbocycles. The van der Waals surface area contributed by atoms with E-state index < -0.39 is 0 Å². The number of rotatable bonds is 4. The van der Waals surface area contributed by atoms with Crippen LogP contribution in [0.3, 0.4) is 0 Å². The molecule has 1 aliphatic heterocycles. The molecule has 0 radical (unpaired) electrons. The summed E-state index contributed by atoms with van der Waals surface area (Å²) in [7, 11) is 0. The number of hydrogen-bond donors (Lipinski definition) is 0. The normalized spacial score (nSPS) is 16.1. The molecule has 2 amide bonds. The average molecular weight is 300 g/mol. The van der Waals surface area contributed by atoms with Gasteiger partial charge in [0, 0.05) is 32.3 Å². The molecule has 1 aromatic rings. The van der Waals surface area contributed by atoms with Crippen molar-refractivity contribution in [3.05, 3.63) is 41.5 Å². The first-order valence-corrected chi connectivity index (χ1v) is 7.78. The van der Waals surface area contributed by atoms with Gasteiger partial charge in [0.05, 0.1) is 0 Å². The summed E-state index contributed by atoms with van der Waals surface area (Å²) in [5.74, 6) is 0.317. The number of carbonyl (C=O) groups excluding carboxylic acids is 2. The maximum absolute atomic E-state index is 12.5. The Kier molecular flexibility index (Phi) is 5.36. The summed E-state index contributed by atoms with van der Waals surface area (Å²) >= 11 is 0. The highest BCUT2D eigenvalue weighted by molar-refractivity contribution is 5.95. The number of allylic oxidation sites excluding steroid dienone is 1. The largest absolute Gasteiger partial charge is 0.342 e. The van der Waals surface area contributed by atoms with Crippen LogP contribution in [0.4, 0.5) is 0 Å². The smallest absolute Gasteiger partial charge is 0.246 e. The predicted molar refractivity (Wildman–Crippen MR) is 88.2 cm³/mol. The third kappa shape index (κ3) is 3.97. The molecule has 0 bridgehead atoms. The Hall–Kier alpha value is -2.10. The van der Waals surface area contributed by atoms with E-state index in [2.05, 4.69) is 45.0 Å². The zero-order valence-electron chi connectivity index (χ0n) is 13.6. The first-order chi connectivity index (χ1) is 10.5. The standard InChI is InChI=1S/C18H24N2O2/c1-14(2)17(16-6-4-15(3)5-7-16)12-18(22)20-10-8-19(13-21)9-11-20/h4-7,12-14H,8-11H2,1-3H3/b17-12+. The molecular formula is C18H24N2O2. The molecule has 118 valence electrons. The Morgan fingerprint density at radius 2 is 1.68 bits per heavy atom. The molecule has 1 heterocycles. The minimum atomic E-state index is 0.0369. The SMILES string of the molecule is Cc1ccc(/C(=C/C(=O)N2CCN(C=O)CC2)C(C)C)cc1. The van der Waals surface area contributed by atoms with Crippen molar-refractivity contribution in [1.82, 2.24) is 9.80 Å². The van der Waals surface area contributed by atoms with Crippen LogP contribution in [-0.4, -0.2) is 48.3 Å². The van der Waals surface area contributed by atoms with Gasteiger partial charge < -0.3 is 9.80 Å². The molecule has 0 aromatic heterocycles. The summed E-state index contributed by atoms with van der Waals surface area (Å²) in [6.45, 7) is 8.70. The van der Waals surface area contributed by atoms with Gasteiger partial charge in [0.15, 0.2) is 0 Å². The van der Waals surface area contributed by atoms with Crippen molar-refractivity contribution < 1.29 is 9.59 Å². The van der Waals surface area contributed by atoms with E-state index in [0.717, 1.165) is 17.5 Å². The zero-order valence-corrected chi connectivity index (χ0v) is 13.6. The fourth-order valence-corrected chi connectivity index (χ4v) is 2.60. The van der Waals surface area contributed by atoms with Gasteiger partial charge in [0.1, 0.15) is 0 Å². The highest BCUT2D eigenvalue weighted by Gasteiger charge is 2.20. The van der Waals surface area contributed by atoms with Crippen molar-refractivity contribution in [2.45, 2.75) is 20.8 Å². The van der Waals surface area contributed by atoms with E-state index in [1.807, 2.05) is 4.90 Å². The molecule has 4 heteroatoms. The summed E-state index contributed by atoms with van der Waals surface area (Å²) in [4.78, 5) is 26.7. The molecule has 1 saturated heterocycles. The van der Waals surface area contributed by atoms with Gasteiger partial charge in [-0.25, -0.2) is 0 Å². The lowest BCUT2D eigenvalue weighted by atomic mass is 9.94. The number of aryl methyl sites for hydroxylation is 1. The first-order valence-electron chi connectivity index (χ1n) is 7.78. The summed E-state index contributed by atoms with van der Waals surface area (Å²) in [5.41, 5.74) is 3.37. The van der Waals surface area contributed by atoms with Gasteiger partial charge >= 0.3 is 0 Å². The van der Waals surface area contributed by atoms with Gasteiger partial charge in [-0.3, -0.25) is 9.59 Å². The molecular weight excluding hydrogens is 276 g/mol. The molecule has 0 aliphatic carbocycles. The summed E-state index contributed by atoms with van der Waals surface area (Å²) in [6.07, 6.45) is 2.61. The fraction of sp³-hybridized carbons (Fsp3) is 0.444. The van der Waals surface area contributed by atoms with E-state index in [9.17, 15) is 9.59 Å².